The van der Waals surface area contributed by atoms with E-state index in [1.54, 1.807) is 26.3 Å². The highest BCUT2D eigenvalue weighted by Crippen LogP contribution is 2.27. The standard InChI is InChI=1S/C17H17N3O4S.ClH/c1-20-17(21)15-9-13(24-2)7-8-14(15)16(19-20)12-5-3-11(4-6-12)10-18-25(22)23;/h3-9,25H,10H2,1-2H3,(H,18,22,23);1H. The van der Waals surface area contributed by atoms with Gasteiger partial charge in [0.2, 0.25) is 10.9 Å². The van der Waals surface area contributed by atoms with Crippen molar-refractivity contribution < 1.29 is 13.2 Å². The van der Waals surface area contributed by atoms with Crippen LogP contribution in [-0.2, 0) is 24.5 Å². The second kappa shape index (κ2) is 8.31. The topological polar surface area (TPSA) is 90.3 Å². The fourth-order valence-electron chi connectivity index (χ4n) is 2.61. The Morgan fingerprint density at radius 3 is 2.42 bits per heavy atom. The molecule has 9 heteroatoms. The first-order valence-corrected chi connectivity index (χ1v) is 8.69. The van der Waals surface area contributed by atoms with Gasteiger partial charge in [-0.2, -0.15) is 5.10 Å². The molecule has 0 aliphatic rings. The number of rotatable bonds is 5. The lowest BCUT2D eigenvalue weighted by atomic mass is 10.0. The molecule has 3 aromatic rings. The van der Waals surface area contributed by atoms with Crippen molar-refractivity contribution in [2.24, 2.45) is 7.05 Å². The summed E-state index contributed by atoms with van der Waals surface area (Å²) in [6.07, 6.45) is 0. The number of halogens is 1. The lowest BCUT2D eigenvalue weighted by Crippen LogP contribution is -2.20. The van der Waals surface area contributed by atoms with Gasteiger partial charge in [-0.25, -0.2) is 17.8 Å². The molecule has 3 rings (SSSR count). The van der Waals surface area contributed by atoms with Gasteiger partial charge in [0.05, 0.1) is 18.2 Å². The summed E-state index contributed by atoms with van der Waals surface area (Å²) in [5.41, 5.74) is 2.15. The van der Waals surface area contributed by atoms with Gasteiger partial charge in [0, 0.05) is 24.5 Å². The number of fused-ring (bicyclic) bond motifs is 1. The van der Waals surface area contributed by atoms with Gasteiger partial charge in [-0.3, -0.25) is 4.79 Å². The molecule has 0 radical (unpaired) electrons. The zero-order valence-corrected chi connectivity index (χ0v) is 15.8. The fraction of sp³-hybridized carbons (Fsp3) is 0.176. The van der Waals surface area contributed by atoms with Crippen molar-refractivity contribution in [3.8, 4) is 17.0 Å². The van der Waals surface area contributed by atoms with Crippen LogP contribution in [0.25, 0.3) is 22.0 Å². The predicted molar refractivity (Wildman–Crippen MR) is 103 cm³/mol. The van der Waals surface area contributed by atoms with Crippen LogP contribution in [0.1, 0.15) is 5.56 Å². The van der Waals surface area contributed by atoms with E-state index in [0.29, 0.717) is 16.8 Å². The molecule has 0 bridgehead atoms. The summed E-state index contributed by atoms with van der Waals surface area (Å²) in [6.45, 7) is 0.234. The zero-order valence-electron chi connectivity index (χ0n) is 14.1. The third-order valence-electron chi connectivity index (χ3n) is 3.90. The molecule has 0 aliphatic heterocycles. The molecule has 0 amide bonds. The molecule has 1 heterocycles. The van der Waals surface area contributed by atoms with E-state index in [1.807, 2.05) is 30.3 Å². The highest BCUT2D eigenvalue weighted by atomic mass is 35.5. The Balaban J connectivity index is 0.00000243. The number of benzene rings is 2. The van der Waals surface area contributed by atoms with Crippen LogP contribution in [0.5, 0.6) is 5.75 Å². The summed E-state index contributed by atoms with van der Waals surface area (Å²) in [4.78, 5) is 12.4. The minimum atomic E-state index is -2.62. The van der Waals surface area contributed by atoms with Crippen LogP contribution in [0.4, 0.5) is 0 Å². The van der Waals surface area contributed by atoms with Gasteiger partial charge in [-0.1, -0.05) is 24.3 Å². The van der Waals surface area contributed by atoms with Crippen molar-refractivity contribution in [1.82, 2.24) is 14.5 Å². The van der Waals surface area contributed by atoms with Crippen LogP contribution in [0.2, 0.25) is 0 Å². The van der Waals surface area contributed by atoms with Crippen LogP contribution < -0.4 is 15.0 Å². The molecule has 1 aromatic heterocycles. The molecule has 7 nitrogen and oxygen atoms in total. The van der Waals surface area contributed by atoms with Gasteiger partial charge < -0.3 is 4.74 Å². The number of aromatic nitrogens is 2. The molecular weight excluding hydrogens is 378 g/mol. The number of aryl methyl sites for hydroxylation is 1. The van der Waals surface area contributed by atoms with Crippen molar-refractivity contribution in [2.75, 3.05) is 7.11 Å². The number of nitrogens with zero attached hydrogens (tertiary/aromatic N) is 2. The van der Waals surface area contributed by atoms with E-state index in [-0.39, 0.29) is 24.5 Å². The van der Waals surface area contributed by atoms with Gasteiger partial charge >= 0.3 is 0 Å². The molecule has 2 aromatic carbocycles. The summed E-state index contributed by atoms with van der Waals surface area (Å²) in [6, 6.07) is 12.7. The quantitative estimate of drug-likeness (QED) is 0.641. The number of thiol groups is 1. The van der Waals surface area contributed by atoms with E-state index in [1.165, 1.54) is 4.68 Å². The SMILES string of the molecule is COc1ccc2c(-c3ccc(CN[SH](=O)=O)cc3)nn(C)c(=O)c2c1.Cl. The van der Waals surface area contributed by atoms with Crippen molar-refractivity contribution in [3.05, 3.63) is 58.4 Å². The van der Waals surface area contributed by atoms with Crippen LogP contribution >= 0.6 is 12.4 Å². The van der Waals surface area contributed by atoms with Crippen molar-refractivity contribution in [1.29, 1.82) is 0 Å². The first-order valence-electron chi connectivity index (χ1n) is 7.52. The largest absolute Gasteiger partial charge is 0.497 e. The highest BCUT2D eigenvalue weighted by molar-refractivity contribution is 7.70. The molecule has 26 heavy (non-hydrogen) atoms. The summed E-state index contributed by atoms with van der Waals surface area (Å²) >= 11 is 0. The maximum Gasteiger partial charge on any atom is 0.274 e. The van der Waals surface area contributed by atoms with Crippen LogP contribution in [0.15, 0.2) is 47.3 Å². The lowest BCUT2D eigenvalue weighted by Gasteiger charge is -2.10. The van der Waals surface area contributed by atoms with Gasteiger partial charge in [0.15, 0.2) is 0 Å². The smallest absolute Gasteiger partial charge is 0.274 e. The minimum Gasteiger partial charge on any atom is -0.497 e. The molecule has 0 saturated heterocycles. The molecule has 138 valence electrons. The average molecular weight is 396 g/mol. The fourth-order valence-corrected chi connectivity index (χ4v) is 2.92. The molecule has 1 N–H and O–H groups in total. The number of ether oxygens (including phenoxy) is 1. The second-order valence-corrected chi connectivity index (χ2v) is 6.31. The van der Waals surface area contributed by atoms with E-state index < -0.39 is 10.9 Å². The Morgan fingerprint density at radius 1 is 1.12 bits per heavy atom. The lowest BCUT2D eigenvalue weighted by molar-refractivity contribution is 0.415. The zero-order chi connectivity index (χ0) is 18.0. The summed E-state index contributed by atoms with van der Waals surface area (Å²) in [7, 11) is 0.532. The van der Waals surface area contributed by atoms with Crippen molar-refractivity contribution >= 4 is 34.1 Å². The third-order valence-corrected chi connectivity index (χ3v) is 4.31. The van der Waals surface area contributed by atoms with Gasteiger partial charge in [-0.05, 0) is 23.8 Å². The highest BCUT2D eigenvalue weighted by Gasteiger charge is 2.12. The molecule has 0 unspecified atom stereocenters. The maximum atomic E-state index is 12.4. The Labute approximate surface area is 158 Å². The minimum absolute atomic E-state index is 0. The van der Waals surface area contributed by atoms with Crippen LogP contribution in [-0.4, -0.2) is 25.3 Å². The molecule has 0 aliphatic carbocycles. The summed E-state index contributed by atoms with van der Waals surface area (Å²) in [5, 5.41) is 5.64. The predicted octanol–water partition coefficient (Wildman–Crippen LogP) is 1.65. The number of hydrogen-bond donors (Lipinski definition) is 2. The normalized spacial score (nSPS) is 10.7. The van der Waals surface area contributed by atoms with Gasteiger partial charge in [0.1, 0.15) is 5.75 Å². The number of hydrogen-bond acceptors (Lipinski definition) is 5. The molecule has 0 spiro atoms. The summed E-state index contributed by atoms with van der Waals surface area (Å²) in [5.74, 6) is 0.606. The summed E-state index contributed by atoms with van der Waals surface area (Å²) < 4.78 is 30.1. The second-order valence-electron chi connectivity index (χ2n) is 5.48. The number of methoxy groups -OCH3 is 1. The number of nitrogens with one attached hydrogen (secondary N) is 1. The van der Waals surface area contributed by atoms with Gasteiger partial charge in [0.25, 0.3) is 5.56 Å². The van der Waals surface area contributed by atoms with E-state index in [2.05, 4.69) is 9.82 Å². The van der Waals surface area contributed by atoms with E-state index in [9.17, 15) is 13.2 Å². The maximum absolute atomic E-state index is 12.4. The molecule has 0 saturated carbocycles. The first-order chi connectivity index (χ1) is 12.0. The van der Waals surface area contributed by atoms with Crippen molar-refractivity contribution in [2.45, 2.75) is 6.54 Å². The average Bonchev–Trinajstić information content (AvgIpc) is 2.63. The van der Waals surface area contributed by atoms with Crippen LogP contribution in [0.3, 0.4) is 0 Å². The first kappa shape index (κ1) is 19.9. The Morgan fingerprint density at radius 2 is 1.81 bits per heavy atom. The van der Waals surface area contributed by atoms with E-state index in [0.717, 1.165) is 16.5 Å². The molecular formula is C17H18ClN3O4S. The molecule has 0 atom stereocenters. The Hall–Kier alpha value is -2.42. The Kier molecular flexibility index (Phi) is 6.36. The third kappa shape index (κ3) is 4.04. The Bertz CT molecular complexity index is 1050. The van der Waals surface area contributed by atoms with Crippen molar-refractivity contribution in [3.63, 3.8) is 0 Å². The van der Waals surface area contributed by atoms with E-state index >= 15 is 0 Å². The van der Waals surface area contributed by atoms with Crippen LogP contribution in [0, 0.1) is 0 Å². The monoisotopic (exact) mass is 395 g/mol. The van der Waals surface area contributed by atoms with Gasteiger partial charge in [-0.15, -0.1) is 12.4 Å². The molecule has 0 fully saturated rings. The van der Waals surface area contributed by atoms with E-state index in [4.69, 9.17) is 4.74 Å².